The van der Waals surface area contributed by atoms with Crippen LogP contribution in [0.3, 0.4) is 0 Å². The summed E-state index contributed by atoms with van der Waals surface area (Å²) in [6, 6.07) is 26.7. The number of hydrogen-bond donors (Lipinski definition) is 0. The molecule has 26 heavy (non-hydrogen) atoms. The first-order chi connectivity index (χ1) is 12.7. The molecule has 0 radical (unpaired) electrons. The molecule has 3 aromatic carbocycles. The summed E-state index contributed by atoms with van der Waals surface area (Å²) >= 11 is 6.03. The lowest BCUT2D eigenvalue weighted by molar-refractivity contribution is 0.0711. The monoisotopic (exact) mass is 360 g/mol. The fourth-order valence-corrected chi connectivity index (χ4v) is 3.29. The van der Waals surface area contributed by atoms with Gasteiger partial charge in [0.15, 0.2) is 0 Å². The van der Waals surface area contributed by atoms with E-state index in [0.29, 0.717) is 17.0 Å². The van der Waals surface area contributed by atoms with Crippen LogP contribution in [0.15, 0.2) is 90.0 Å². The Hall–Kier alpha value is -2.91. The summed E-state index contributed by atoms with van der Waals surface area (Å²) in [6.07, 6.45) is 0.671. The molecule has 0 saturated carbocycles. The van der Waals surface area contributed by atoms with E-state index in [-0.39, 0.29) is 11.9 Å². The van der Waals surface area contributed by atoms with Crippen LogP contribution in [-0.2, 0) is 0 Å². The van der Waals surface area contributed by atoms with Crippen molar-refractivity contribution in [2.45, 2.75) is 12.5 Å². The van der Waals surface area contributed by atoms with Crippen molar-refractivity contribution in [2.75, 3.05) is 0 Å². The minimum absolute atomic E-state index is 0.100. The minimum Gasteiger partial charge on any atom is -0.267 e. The van der Waals surface area contributed by atoms with Gasteiger partial charge in [0.2, 0.25) is 0 Å². The summed E-state index contributed by atoms with van der Waals surface area (Å²) in [7, 11) is 0. The quantitative estimate of drug-likeness (QED) is 0.621. The first-order valence-electron chi connectivity index (χ1n) is 8.49. The summed E-state index contributed by atoms with van der Waals surface area (Å²) in [5.74, 6) is -0.100. The molecule has 1 heterocycles. The lowest BCUT2D eigenvalue weighted by Crippen LogP contribution is -2.27. The van der Waals surface area contributed by atoms with Crippen molar-refractivity contribution in [3.8, 4) is 0 Å². The van der Waals surface area contributed by atoms with Gasteiger partial charge in [-0.15, -0.1) is 0 Å². The first kappa shape index (κ1) is 16.6. The summed E-state index contributed by atoms with van der Waals surface area (Å²) in [4.78, 5) is 13.1. The first-order valence-corrected chi connectivity index (χ1v) is 8.87. The van der Waals surface area contributed by atoms with E-state index < -0.39 is 0 Å². The van der Waals surface area contributed by atoms with Crippen molar-refractivity contribution < 1.29 is 4.79 Å². The third-order valence-corrected chi connectivity index (χ3v) is 4.75. The molecule has 4 rings (SSSR count). The van der Waals surface area contributed by atoms with Gasteiger partial charge in [-0.3, -0.25) is 4.79 Å². The topological polar surface area (TPSA) is 32.7 Å². The van der Waals surface area contributed by atoms with E-state index in [0.717, 1.165) is 16.8 Å². The maximum atomic E-state index is 13.1. The highest BCUT2D eigenvalue weighted by molar-refractivity contribution is 6.30. The highest BCUT2D eigenvalue weighted by atomic mass is 35.5. The highest BCUT2D eigenvalue weighted by Crippen LogP contribution is 2.34. The van der Waals surface area contributed by atoms with Crippen molar-refractivity contribution in [2.24, 2.45) is 5.10 Å². The van der Waals surface area contributed by atoms with Crippen LogP contribution >= 0.6 is 11.6 Å². The number of rotatable bonds is 3. The van der Waals surface area contributed by atoms with Gasteiger partial charge in [0.25, 0.3) is 5.91 Å². The molecule has 0 fully saturated rings. The van der Waals surface area contributed by atoms with Gasteiger partial charge in [-0.2, -0.15) is 5.10 Å². The van der Waals surface area contributed by atoms with Gasteiger partial charge in [0.1, 0.15) is 0 Å². The van der Waals surface area contributed by atoms with Gasteiger partial charge in [0, 0.05) is 17.0 Å². The smallest absolute Gasteiger partial charge is 0.267 e. The maximum Gasteiger partial charge on any atom is 0.274 e. The van der Waals surface area contributed by atoms with E-state index in [1.165, 1.54) is 0 Å². The number of halogens is 1. The predicted octanol–water partition coefficient (Wildman–Crippen LogP) is 5.33. The van der Waals surface area contributed by atoms with Gasteiger partial charge in [-0.05, 0) is 35.4 Å². The van der Waals surface area contributed by atoms with Gasteiger partial charge >= 0.3 is 0 Å². The number of nitrogens with zero attached hydrogens (tertiary/aromatic N) is 2. The molecule has 0 spiro atoms. The van der Waals surface area contributed by atoms with Gasteiger partial charge < -0.3 is 0 Å². The maximum absolute atomic E-state index is 13.1. The third-order valence-electron chi connectivity index (χ3n) is 4.50. The van der Waals surface area contributed by atoms with E-state index >= 15 is 0 Å². The number of hydrogen-bond acceptors (Lipinski definition) is 2. The Labute approximate surface area is 157 Å². The third kappa shape index (κ3) is 3.26. The molecular formula is C22H17ClN2O. The van der Waals surface area contributed by atoms with Crippen LogP contribution in [0, 0.1) is 0 Å². The molecule has 1 atom stereocenters. The standard InChI is InChI=1S/C22H17ClN2O/c23-19-13-11-17(12-14-19)21-15-20(16-7-3-1-4-8-16)24-25(21)22(26)18-9-5-2-6-10-18/h1-14,21H,15H2/t21-/m1/s1. The van der Waals surface area contributed by atoms with E-state index in [9.17, 15) is 4.79 Å². The zero-order valence-electron chi connectivity index (χ0n) is 14.0. The molecule has 1 aliphatic rings. The second kappa shape index (κ2) is 7.14. The number of amides is 1. The average molecular weight is 361 g/mol. The Balaban J connectivity index is 1.73. The molecule has 3 aromatic rings. The van der Waals surface area contributed by atoms with Crippen LogP contribution in [0.25, 0.3) is 0 Å². The van der Waals surface area contributed by atoms with Crippen LogP contribution in [0.4, 0.5) is 0 Å². The molecule has 0 N–H and O–H groups in total. The molecule has 0 saturated heterocycles. The zero-order chi connectivity index (χ0) is 17.9. The van der Waals surface area contributed by atoms with E-state index in [4.69, 9.17) is 11.6 Å². The molecule has 0 aromatic heterocycles. The lowest BCUT2D eigenvalue weighted by atomic mass is 9.98. The molecule has 3 nitrogen and oxygen atoms in total. The summed E-state index contributed by atoms with van der Waals surface area (Å²) in [6.45, 7) is 0. The molecule has 0 unspecified atom stereocenters. The number of carbonyl (C=O) groups is 1. The normalized spacial score (nSPS) is 16.4. The molecule has 1 amide bonds. The van der Waals surface area contributed by atoms with Crippen molar-refractivity contribution >= 4 is 23.2 Å². The largest absolute Gasteiger partial charge is 0.274 e. The van der Waals surface area contributed by atoms with Crippen LogP contribution < -0.4 is 0 Å². The van der Waals surface area contributed by atoms with Crippen LogP contribution in [0.5, 0.6) is 0 Å². The SMILES string of the molecule is O=C(c1ccccc1)N1N=C(c2ccccc2)C[C@@H]1c1ccc(Cl)cc1. The second-order valence-electron chi connectivity index (χ2n) is 6.20. The van der Waals surface area contributed by atoms with Gasteiger partial charge in [-0.1, -0.05) is 72.3 Å². The van der Waals surface area contributed by atoms with E-state index in [1.54, 1.807) is 5.01 Å². The Morgan fingerprint density at radius 3 is 2.15 bits per heavy atom. The van der Waals surface area contributed by atoms with Crippen LogP contribution in [0.1, 0.15) is 33.9 Å². The Morgan fingerprint density at radius 2 is 1.50 bits per heavy atom. The Morgan fingerprint density at radius 1 is 0.885 bits per heavy atom. The molecule has 0 aliphatic carbocycles. The summed E-state index contributed by atoms with van der Waals surface area (Å²) in [5.41, 5.74) is 3.60. The number of benzene rings is 3. The number of hydrazone groups is 1. The fourth-order valence-electron chi connectivity index (χ4n) is 3.16. The van der Waals surface area contributed by atoms with E-state index in [2.05, 4.69) is 5.10 Å². The zero-order valence-corrected chi connectivity index (χ0v) is 14.8. The molecule has 1 aliphatic heterocycles. The van der Waals surface area contributed by atoms with Crippen LogP contribution in [-0.4, -0.2) is 16.6 Å². The van der Waals surface area contributed by atoms with Gasteiger partial charge in [0.05, 0.1) is 11.8 Å². The minimum atomic E-state index is -0.143. The van der Waals surface area contributed by atoms with Crippen molar-refractivity contribution in [3.63, 3.8) is 0 Å². The van der Waals surface area contributed by atoms with Crippen molar-refractivity contribution in [3.05, 3.63) is 107 Å². The molecule has 0 bridgehead atoms. The predicted molar refractivity (Wildman–Crippen MR) is 104 cm³/mol. The van der Waals surface area contributed by atoms with E-state index in [1.807, 2.05) is 84.9 Å². The fraction of sp³-hybridized carbons (Fsp3) is 0.0909. The Kier molecular flexibility index (Phi) is 4.55. The van der Waals surface area contributed by atoms with Crippen LogP contribution in [0.2, 0.25) is 5.02 Å². The average Bonchev–Trinajstić information content (AvgIpc) is 3.15. The Bertz CT molecular complexity index is 937. The summed E-state index contributed by atoms with van der Waals surface area (Å²) < 4.78 is 0. The van der Waals surface area contributed by atoms with Gasteiger partial charge in [-0.25, -0.2) is 5.01 Å². The lowest BCUT2D eigenvalue weighted by Gasteiger charge is -2.22. The number of carbonyl (C=O) groups excluding carboxylic acids is 1. The molecular weight excluding hydrogens is 344 g/mol. The second-order valence-corrected chi connectivity index (χ2v) is 6.64. The highest BCUT2D eigenvalue weighted by Gasteiger charge is 2.33. The molecule has 4 heteroatoms. The van der Waals surface area contributed by atoms with Crippen molar-refractivity contribution in [1.82, 2.24) is 5.01 Å². The van der Waals surface area contributed by atoms with Crippen molar-refractivity contribution in [1.29, 1.82) is 0 Å². The summed E-state index contributed by atoms with van der Waals surface area (Å²) in [5, 5.41) is 6.96. The molecule has 128 valence electrons.